The molecule has 0 unspecified atom stereocenters. The third-order valence-electron chi connectivity index (χ3n) is 5.77. The molecule has 0 amide bonds. The number of aromatic nitrogens is 1. The molecule has 0 fully saturated rings. The molecule has 0 N–H and O–H groups in total. The van der Waals surface area contributed by atoms with E-state index in [1.165, 1.54) is 36.3 Å². The number of benzene rings is 2. The predicted octanol–water partition coefficient (Wildman–Crippen LogP) is 3.60. The largest absolute Gasteiger partial charge is 0.493 e. The number of thiazole rings is 1. The molecule has 0 aliphatic carbocycles. The van der Waals surface area contributed by atoms with Gasteiger partial charge in [0.2, 0.25) is 0 Å². The Balaban J connectivity index is 1.94. The average molecular weight is 603 g/mol. The van der Waals surface area contributed by atoms with Crippen LogP contribution in [-0.4, -0.2) is 45.1 Å². The number of carbonyl (C=O) groups excluding carboxylic acids is 1. The van der Waals surface area contributed by atoms with Gasteiger partial charge in [0.25, 0.3) is 5.56 Å². The summed E-state index contributed by atoms with van der Waals surface area (Å²) in [5.74, 6) is 1.51. The van der Waals surface area contributed by atoms with E-state index in [-0.39, 0.29) is 11.1 Å². The standard InChI is InChI=1S/C27H27BrN2O7S/c1-6-36-19-9-8-15(11-20(19)37-7-2)23-18(26(32)35-5)14-29-27-30(23)25(31)22(38-27)12-16-10-17(28)13-21(33-3)24(16)34-4/h8-14,23H,6-7H2,1-5H3/b22-12+/t23-/m1/s1. The van der Waals surface area contributed by atoms with Gasteiger partial charge in [0, 0.05) is 16.2 Å². The second-order valence-corrected chi connectivity index (χ2v) is 9.90. The maximum absolute atomic E-state index is 13.8. The number of methoxy groups -OCH3 is 3. The SMILES string of the molecule is CCOc1ccc([C@@H]2C(C(=O)OC)=CN=c3s/c(=C/c4cc(Br)cc(OC)c4OC)c(=O)n32)cc1OCC. The van der Waals surface area contributed by atoms with E-state index >= 15 is 0 Å². The molecule has 0 spiro atoms. The fourth-order valence-corrected chi connectivity index (χ4v) is 5.61. The normalized spacial score (nSPS) is 14.7. The van der Waals surface area contributed by atoms with E-state index in [4.69, 9.17) is 23.7 Å². The molecule has 200 valence electrons. The summed E-state index contributed by atoms with van der Waals surface area (Å²) in [4.78, 5) is 31.5. The molecule has 0 bridgehead atoms. The van der Waals surface area contributed by atoms with Gasteiger partial charge in [-0.3, -0.25) is 9.36 Å². The quantitative estimate of drug-likeness (QED) is 0.345. The molecule has 2 heterocycles. The Morgan fingerprint density at radius 1 is 1.05 bits per heavy atom. The minimum atomic E-state index is -0.783. The molecule has 0 saturated carbocycles. The first-order valence-corrected chi connectivity index (χ1v) is 13.4. The number of rotatable bonds is 9. The summed E-state index contributed by atoms with van der Waals surface area (Å²) in [6.07, 6.45) is 3.17. The van der Waals surface area contributed by atoms with Crippen LogP contribution in [0.5, 0.6) is 23.0 Å². The van der Waals surface area contributed by atoms with Crippen LogP contribution < -0.4 is 33.8 Å². The highest BCUT2D eigenvalue weighted by molar-refractivity contribution is 9.10. The van der Waals surface area contributed by atoms with Crippen molar-refractivity contribution in [1.29, 1.82) is 0 Å². The second-order valence-electron chi connectivity index (χ2n) is 7.98. The molecule has 38 heavy (non-hydrogen) atoms. The van der Waals surface area contributed by atoms with E-state index in [1.54, 1.807) is 37.5 Å². The van der Waals surface area contributed by atoms with Crippen LogP contribution in [0.25, 0.3) is 6.08 Å². The van der Waals surface area contributed by atoms with E-state index < -0.39 is 12.0 Å². The predicted molar refractivity (Wildman–Crippen MR) is 147 cm³/mol. The highest BCUT2D eigenvalue weighted by Gasteiger charge is 2.31. The zero-order valence-electron chi connectivity index (χ0n) is 21.6. The zero-order chi connectivity index (χ0) is 27.4. The molecule has 9 nitrogen and oxygen atoms in total. The second kappa shape index (κ2) is 11.9. The van der Waals surface area contributed by atoms with E-state index in [0.717, 1.165) is 4.47 Å². The molecule has 1 atom stereocenters. The first-order chi connectivity index (χ1) is 18.4. The molecule has 2 aromatic carbocycles. The third-order valence-corrected chi connectivity index (χ3v) is 7.22. The van der Waals surface area contributed by atoms with Crippen molar-refractivity contribution in [3.05, 3.63) is 77.4 Å². The summed E-state index contributed by atoms with van der Waals surface area (Å²) in [6.45, 7) is 4.64. The molecule has 0 saturated heterocycles. The minimum absolute atomic E-state index is 0.222. The monoisotopic (exact) mass is 602 g/mol. The van der Waals surface area contributed by atoms with Gasteiger partial charge >= 0.3 is 5.97 Å². The summed E-state index contributed by atoms with van der Waals surface area (Å²) in [5.41, 5.74) is 1.20. The third kappa shape index (κ3) is 5.21. The van der Waals surface area contributed by atoms with Crippen LogP contribution in [0.1, 0.15) is 31.0 Å². The number of carbonyl (C=O) groups is 1. The molecule has 4 rings (SSSR count). The molecule has 0 radical (unpaired) electrons. The number of esters is 1. The fraction of sp³-hybridized carbons (Fsp3) is 0.296. The molecule has 11 heteroatoms. The Kier molecular flexibility index (Phi) is 8.58. The van der Waals surface area contributed by atoms with Gasteiger partial charge in [-0.25, -0.2) is 9.79 Å². The lowest BCUT2D eigenvalue weighted by atomic mass is 9.97. The summed E-state index contributed by atoms with van der Waals surface area (Å²) in [5, 5.41) is 0. The number of hydrogen-bond donors (Lipinski definition) is 0. The fourth-order valence-electron chi connectivity index (χ4n) is 4.19. The minimum Gasteiger partial charge on any atom is -0.493 e. The number of fused-ring (bicyclic) bond motifs is 1. The van der Waals surface area contributed by atoms with Gasteiger partial charge in [0.1, 0.15) is 0 Å². The zero-order valence-corrected chi connectivity index (χ0v) is 24.0. The average Bonchev–Trinajstić information content (AvgIpc) is 3.23. The van der Waals surface area contributed by atoms with Gasteiger partial charge in [-0.05, 0) is 49.8 Å². The smallest absolute Gasteiger partial charge is 0.337 e. The van der Waals surface area contributed by atoms with Gasteiger partial charge in [-0.1, -0.05) is 33.3 Å². The highest BCUT2D eigenvalue weighted by Crippen LogP contribution is 2.36. The molecular formula is C27H27BrN2O7S. The molecule has 1 aromatic heterocycles. The van der Waals surface area contributed by atoms with E-state index in [9.17, 15) is 9.59 Å². The van der Waals surface area contributed by atoms with Crippen LogP contribution in [0.4, 0.5) is 0 Å². The van der Waals surface area contributed by atoms with Crippen molar-refractivity contribution < 1.29 is 28.5 Å². The number of hydrogen-bond acceptors (Lipinski definition) is 9. The Labute approximate surface area is 231 Å². The molecular weight excluding hydrogens is 576 g/mol. The number of ether oxygens (including phenoxy) is 5. The first kappa shape index (κ1) is 27.5. The van der Waals surface area contributed by atoms with Crippen LogP contribution >= 0.6 is 27.3 Å². The van der Waals surface area contributed by atoms with E-state index in [2.05, 4.69) is 20.9 Å². The van der Waals surface area contributed by atoms with Crippen molar-refractivity contribution in [2.75, 3.05) is 34.5 Å². The number of halogens is 1. The van der Waals surface area contributed by atoms with E-state index in [0.29, 0.717) is 56.7 Å². The lowest BCUT2D eigenvalue weighted by molar-refractivity contribution is -0.136. The maximum Gasteiger partial charge on any atom is 0.337 e. The highest BCUT2D eigenvalue weighted by atomic mass is 79.9. The first-order valence-electron chi connectivity index (χ1n) is 11.8. The van der Waals surface area contributed by atoms with Crippen LogP contribution in [0, 0.1) is 0 Å². The Bertz CT molecular complexity index is 1580. The Morgan fingerprint density at radius 2 is 1.79 bits per heavy atom. The summed E-state index contributed by atoms with van der Waals surface area (Å²) >= 11 is 4.68. The van der Waals surface area contributed by atoms with Crippen LogP contribution in [0.15, 0.2) is 56.4 Å². The van der Waals surface area contributed by atoms with Crippen molar-refractivity contribution in [1.82, 2.24) is 4.57 Å². The van der Waals surface area contributed by atoms with Crippen LogP contribution in [-0.2, 0) is 9.53 Å². The molecule has 1 aliphatic heterocycles. The van der Waals surface area contributed by atoms with Crippen molar-refractivity contribution in [2.45, 2.75) is 19.9 Å². The molecule has 3 aromatic rings. The molecule has 1 aliphatic rings. The van der Waals surface area contributed by atoms with Crippen LogP contribution in [0.3, 0.4) is 0 Å². The Hall–Kier alpha value is -3.57. The van der Waals surface area contributed by atoms with Crippen molar-refractivity contribution in [3.63, 3.8) is 0 Å². The lowest BCUT2D eigenvalue weighted by Gasteiger charge is -2.23. The van der Waals surface area contributed by atoms with Gasteiger partial charge in [0.05, 0.1) is 50.7 Å². The topological polar surface area (TPSA) is 97.6 Å². The lowest BCUT2D eigenvalue weighted by Crippen LogP contribution is -2.39. The van der Waals surface area contributed by atoms with Crippen LogP contribution in [0.2, 0.25) is 0 Å². The van der Waals surface area contributed by atoms with Crippen molar-refractivity contribution >= 4 is 39.3 Å². The number of nitrogens with zero attached hydrogens (tertiary/aromatic N) is 2. The van der Waals surface area contributed by atoms with Gasteiger partial charge in [-0.2, -0.15) is 0 Å². The van der Waals surface area contributed by atoms with Crippen molar-refractivity contribution in [2.24, 2.45) is 4.99 Å². The van der Waals surface area contributed by atoms with E-state index in [1.807, 2.05) is 19.9 Å². The van der Waals surface area contributed by atoms with Gasteiger partial charge < -0.3 is 23.7 Å². The van der Waals surface area contributed by atoms with Gasteiger partial charge in [-0.15, -0.1) is 0 Å². The van der Waals surface area contributed by atoms with Gasteiger partial charge in [0.15, 0.2) is 27.8 Å². The Morgan fingerprint density at radius 3 is 2.45 bits per heavy atom. The summed E-state index contributed by atoms with van der Waals surface area (Å²) in [7, 11) is 4.38. The maximum atomic E-state index is 13.8. The summed E-state index contributed by atoms with van der Waals surface area (Å²) < 4.78 is 30.2. The summed E-state index contributed by atoms with van der Waals surface area (Å²) in [6, 6.07) is 8.18. The van der Waals surface area contributed by atoms with Crippen molar-refractivity contribution in [3.8, 4) is 23.0 Å².